The smallest absolute Gasteiger partial charge is 0.315 e. The number of amides is 2. The summed E-state index contributed by atoms with van der Waals surface area (Å²) in [5.41, 5.74) is 3.63. The molecule has 1 atom stereocenters. The number of hydrogen-bond acceptors (Lipinski definition) is 1. The summed E-state index contributed by atoms with van der Waals surface area (Å²) < 4.78 is 0. The van der Waals surface area contributed by atoms with Crippen LogP contribution in [0.5, 0.6) is 0 Å². The molecule has 3 heteroatoms. The summed E-state index contributed by atoms with van der Waals surface area (Å²) in [5.74, 6) is 0. The van der Waals surface area contributed by atoms with E-state index in [0.717, 1.165) is 12.8 Å². The SMILES string of the molecule is Cc1ccc(C)c([C@@H](C)NC(=O)NC2CC2)c1. The maximum Gasteiger partial charge on any atom is 0.315 e. The van der Waals surface area contributed by atoms with E-state index in [1.165, 1.54) is 16.7 Å². The Morgan fingerprint density at radius 2 is 2.06 bits per heavy atom. The normalized spacial score (nSPS) is 16.4. The van der Waals surface area contributed by atoms with E-state index < -0.39 is 0 Å². The van der Waals surface area contributed by atoms with Crippen molar-refractivity contribution in [1.29, 1.82) is 0 Å². The summed E-state index contributed by atoms with van der Waals surface area (Å²) in [6, 6.07) is 6.73. The highest BCUT2D eigenvalue weighted by Crippen LogP contribution is 2.20. The van der Waals surface area contributed by atoms with E-state index in [4.69, 9.17) is 0 Å². The highest BCUT2D eigenvalue weighted by atomic mass is 16.2. The molecule has 0 spiro atoms. The molecule has 3 nitrogen and oxygen atoms in total. The van der Waals surface area contributed by atoms with Crippen LogP contribution in [0.4, 0.5) is 4.79 Å². The first-order valence-electron chi connectivity index (χ1n) is 6.20. The highest BCUT2D eigenvalue weighted by Gasteiger charge is 2.23. The summed E-state index contributed by atoms with van der Waals surface area (Å²) in [6.07, 6.45) is 2.23. The number of nitrogens with one attached hydrogen (secondary N) is 2. The van der Waals surface area contributed by atoms with Gasteiger partial charge in [0.25, 0.3) is 0 Å². The second-order valence-electron chi connectivity index (χ2n) is 4.97. The first-order valence-corrected chi connectivity index (χ1v) is 6.20. The fourth-order valence-corrected chi connectivity index (χ4v) is 1.96. The first kappa shape index (κ1) is 12.0. The van der Waals surface area contributed by atoms with Crippen LogP contribution in [0.25, 0.3) is 0 Å². The Balaban J connectivity index is 1.99. The number of benzene rings is 1. The number of hydrogen-bond donors (Lipinski definition) is 2. The van der Waals surface area contributed by atoms with E-state index in [0.29, 0.717) is 6.04 Å². The predicted octanol–water partition coefficient (Wildman–Crippen LogP) is 2.83. The fourth-order valence-electron chi connectivity index (χ4n) is 1.96. The van der Waals surface area contributed by atoms with E-state index in [-0.39, 0.29) is 12.1 Å². The van der Waals surface area contributed by atoms with E-state index in [9.17, 15) is 4.79 Å². The third-order valence-corrected chi connectivity index (χ3v) is 3.16. The van der Waals surface area contributed by atoms with Gasteiger partial charge in [-0.25, -0.2) is 4.79 Å². The zero-order chi connectivity index (χ0) is 12.4. The summed E-state index contributed by atoms with van der Waals surface area (Å²) in [7, 11) is 0. The molecule has 92 valence electrons. The maximum absolute atomic E-state index is 11.7. The molecule has 17 heavy (non-hydrogen) atoms. The second-order valence-corrected chi connectivity index (χ2v) is 4.97. The van der Waals surface area contributed by atoms with Crippen molar-refractivity contribution < 1.29 is 4.79 Å². The molecule has 2 rings (SSSR count). The van der Waals surface area contributed by atoms with Gasteiger partial charge in [0.05, 0.1) is 6.04 Å². The van der Waals surface area contributed by atoms with Crippen LogP contribution in [-0.2, 0) is 0 Å². The van der Waals surface area contributed by atoms with Crippen LogP contribution < -0.4 is 10.6 Å². The lowest BCUT2D eigenvalue weighted by molar-refractivity contribution is 0.237. The first-order chi connectivity index (χ1) is 8.06. The number of rotatable bonds is 3. The number of urea groups is 1. The molecule has 0 saturated heterocycles. The zero-order valence-electron chi connectivity index (χ0n) is 10.7. The maximum atomic E-state index is 11.7. The van der Waals surface area contributed by atoms with Crippen LogP contribution in [0.2, 0.25) is 0 Å². The summed E-state index contributed by atoms with van der Waals surface area (Å²) in [6.45, 7) is 6.17. The van der Waals surface area contributed by atoms with Crippen LogP contribution in [0, 0.1) is 13.8 Å². The lowest BCUT2D eigenvalue weighted by atomic mass is 10.0. The number of carbonyl (C=O) groups excluding carboxylic acids is 1. The summed E-state index contributed by atoms with van der Waals surface area (Å²) >= 11 is 0. The third kappa shape index (κ3) is 3.22. The third-order valence-electron chi connectivity index (χ3n) is 3.16. The van der Waals surface area contributed by atoms with E-state index in [1.54, 1.807) is 0 Å². The van der Waals surface area contributed by atoms with Crippen LogP contribution in [-0.4, -0.2) is 12.1 Å². The molecule has 1 saturated carbocycles. The average Bonchev–Trinajstić information content (AvgIpc) is 3.05. The minimum absolute atomic E-state index is 0.0497. The molecule has 0 aromatic heterocycles. The molecule has 2 amide bonds. The van der Waals surface area contributed by atoms with Crippen LogP contribution in [0.15, 0.2) is 18.2 Å². The van der Waals surface area contributed by atoms with Gasteiger partial charge >= 0.3 is 6.03 Å². The van der Waals surface area contributed by atoms with Gasteiger partial charge in [0.1, 0.15) is 0 Å². The molecular weight excluding hydrogens is 212 g/mol. The van der Waals surface area contributed by atoms with Crippen LogP contribution in [0.1, 0.15) is 42.5 Å². The molecule has 1 aliphatic carbocycles. The predicted molar refractivity (Wildman–Crippen MR) is 69.0 cm³/mol. The molecule has 1 fully saturated rings. The quantitative estimate of drug-likeness (QED) is 0.826. The van der Waals surface area contributed by atoms with Crippen molar-refractivity contribution in [3.63, 3.8) is 0 Å². The van der Waals surface area contributed by atoms with E-state index >= 15 is 0 Å². The molecule has 0 aliphatic heterocycles. The molecule has 2 N–H and O–H groups in total. The Labute approximate surface area is 103 Å². The highest BCUT2D eigenvalue weighted by molar-refractivity contribution is 5.75. The van der Waals surface area contributed by atoms with Gasteiger partial charge in [-0.15, -0.1) is 0 Å². The standard InChI is InChI=1S/C14H20N2O/c1-9-4-5-10(2)13(8-9)11(3)15-14(17)16-12-6-7-12/h4-5,8,11-12H,6-7H2,1-3H3,(H2,15,16,17)/t11-/m1/s1. The van der Waals surface area contributed by atoms with Gasteiger partial charge in [0.15, 0.2) is 0 Å². The van der Waals surface area contributed by atoms with Gasteiger partial charge < -0.3 is 10.6 Å². The molecule has 0 bridgehead atoms. The monoisotopic (exact) mass is 232 g/mol. The number of aryl methyl sites for hydroxylation is 2. The van der Waals surface area contributed by atoms with Crippen molar-refractivity contribution in [2.24, 2.45) is 0 Å². The van der Waals surface area contributed by atoms with E-state index in [2.05, 4.69) is 42.7 Å². The fraction of sp³-hybridized carbons (Fsp3) is 0.500. The topological polar surface area (TPSA) is 41.1 Å². The van der Waals surface area contributed by atoms with Gasteiger partial charge in [-0.3, -0.25) is 0 Å². The molecule has 1 aromatic rings. The Hall–Kier alpha value is -1.51. The molecule has 1 aromatic carbocycles. The van der Waals surface area contributed by atoms with Crippen molar-refractivity contribution in [1.82, 2.24) is 10.6 Å². The van der Waals surface area contributed by atoms with Crippen molar-refractivity contribution >= 4 is 6.03 Å². The van der Waals surface area contributed by atoms with Gasteiger partial charge in [-0.1, -0.05) is 23.8 Å². The van der Waals surface area contributed by atoms with Crippen molar-refractivity contribution in [2.45, 2.75) is 45.7 Å². The van der Waals surface area contributed by atoms with Gasteiger partial charge in [-0.05, 0) is 44.7 Å². The molecule has 0 radical (unpaired) electrons. The van der Waals surface area contributed by atoms with Crippen molar-refractivity contribution in [3.05, 3.63) is 34.9 Å². The molecule has 1 aliphatic rings. The Bertz CT molecular complexity index is 424. The minimum Gasteiger partial charge on any atom is -0.335 e. The minimum atomic E-state index is -0.0547. The molecule has 0 heterocycles. The Morgan fingerprint density at radius 1 is 1.35 bits per heavy atom. The van der Waals surface area contributed by atoms with Gasteiger partial charge in [0, 0.05) is 6.04 Å². The van der Waals surface area contributed by atoms with Crippen LogP contribution >= 0.6 is 0 Å². The van der Waals surface area contributed by atoms with Crippen LogP contribution in [0.3, 0.4) is 0 Å². The largest absolute Gasteiger partial charge is 0.335 e. The average molecular weight is 232 g/mol. The molecule has 0 unspecified atom stereocenters. The van der Waals surface area contributed by atoms with Crippen molar-refractivity contribution in [3.8, 4) is 0 Å². The zero-order valence-corrected chi connectivity index (χ0v) is 10.7. The van der Waals surface area contributed by atoms with Gasteiger partial charge in [0.2, 0.25) is 0 Å². The summed E-state index contributed by atoms with van der Waals surface area (Å²) in [4.78, 5) is 11.7. The van der Waals surface area contributed by atoms with Crippen molar-refractivity contribution in [2.75, 3.05) is 0 Å². The second kappa shape index (κ2) is 4.78. The lowest BCUT2D eigenvalue weighted by Crippen LogP contribution is -2.38. The Morgan fingerprint density at radius 3 is 2.71 bits per heavy atom. The Kier molecular flexibility index (Phi) is 3.36. The number of carbonyl (C=O) groups is 1. The molecular formula is C14H20N2O. The summed E-state index contributed by atoms with van der Waals surface area (Å²) in [5, 5.41) is 5.92. The lowest BCUT2D eigenvalue weighted by Gasteiger charge is -2.17. The van der Waals surface area contributed by atoms with Gasteiger partial charge in [-0.2, -0.15) is 0 Å². The van der Waals surface area contributed by atoms with E-state index in [1.807, 2.05) is 6.92 Å².